The molecule has 1 aromatic heterocycles. The molecule has 27 heavy (non-hydrogen) atoms. The smallest absolute Gasteiger partial charge is 0.264 e. The minimum Gasteiger partial charge on any atom is -0.278 e. The number of nitrogens with zero attached hydrogens (tertiary/aromatic N) is 2. The first-order valence-electron chi connectivity index (χ1n) is 8.04. The topological polar surface area (TPSA) is 83.5 Å². The Hall–Kier alpha value is -2.90. The normalized spacial score (nSPS) is 11.5. The van der Waals surface area contributed by atoms with Crippen molar-refractivity contribution in [3.63, 3.8) is 0 Å². The molecule has 2 N–H and O–H groups in total. The number of rotatable bonds is 6. The maximum atomic E-state index is 12.9. The fourth-order valence-corrected chi connectivity index (χ4v) is 3.87. The molecule has 6 nitrogen and oxygen atoms in total. The van der Waals surface area contributed by atoms with Crippen LogP contribution in [0.2, 0.25) is 5.02 Å². The predicted octanol–water partition coefficient (Wildman–Crippen LogP) is 4.29. The summed E-state index contributed by atoms with van der Waals surface area (Å²) in [6.45, 7) is 1.81. The zero-order valence-electron chi connectivity index (χ0n) is 14.4. The van der Waals surface area contributed by atoms with Gasteiger partial charge in [0.25, 0.3) is 10.0 Å². The standard InChI is InChI=1S/C19H17ClN4O2S/c1-14-9-10-18(23-22-13-15-6-4-5-11-21-15)19(12-14)27(25,26)24-17-8-3-2-7-16(17)20/h2-13,23-24H,1H3/b22-13+. The second kappa shape index (κ2) is 8.20. The van der Waals surface area contributed by atoms with Gasteiger partial charge in [-0.05, 0) is 48.9 Å². The van der Waals surface area contributed by atoms with Gasteiger partial charge in [-0.15, -0.1) is 0 Å². The SMILES string of the molecule is Cc1ccc(N/N=C/c2ccccn2)c(S(=O)(=O)Nc2ccccc2Cl)c1. The van der Waals surface area contributed by atoms with Gasteiger partial charge in [0.1, 0.15) is 4.90 Å². The first-order valence-corrected chi connectivity index (χ1v) is 9.90. The Morgan fingerprint density at radius 3 is 2.56 bits per heavy atom. The van der Waals surface area contributed by atoms with Gasteiger partial charge >= 0.3 is 0 Å². The van der Waals surface area contributed by atoms with E-state index >= 15 is 0 Å². The van der Waals surface area contributed by atoms with Crippen molar-refractivity contribution >= 4 is 39.2 Å². The highest BCUT2D eigenvalue weighted by Gasteiger charge is 2.20. The maximum absolute atomic E-state index is 12.9. The first-order chi connectivity index (χ1) is 13.0. The van der Waals surface area contributed by atoms with E-state index in [9.17, 15) is 8.42 Å². The van der Waals surface area contributed by atoms with Crippen LogP contribution in [-0.4, -0.2) is 19.6 Å². The summed E-state index contributed by atoms with van der Waals surface area (Å²) in [6.07, 6.45) is 3.16. The summed E-state index contributed by atoms with van der Waals surface area (Å²) in [5, 5.41) is 4.40. The molecular weight excluding hydrogens is 384 g/mol. The number of hydrogen-bond donors (Lipinski definition) is 2. The van der Waals surface area contributed by atoms with Gasteiger partial charge in [0.2, 0.25) is 0 Å². The Morgan fingerprint density at radius 2 is 1.81 bits per heavy atom. The van der Waals surface area contributed by atoms with Crippen LogP contribution in [0, 0.1) is 6.92 Å². The lowest BCUT2D eigenvalue weighted by molar-refractivity contribution is 0.601. The van der Waals surface area contributed by atoms with Crippen LogP contribution in [0.25, 0.3) is 0 Å². The molecule has 0 amide bonds. The van der Waals surface area contributed by atoms with Gasteiger partial charge in [-0.25, -0.2) is 8.42 Å². The van der Waals surface area contributed by atoms with E-state index in [1.54, 1.807) is 60.8 Å². The second-order valence-electron chi connectivity index (χ2n) is 5.71. The number of hydrazone groups is 1. The number of pyridine rings is 1. The van der Waals surface area contributed by atoms with Crippen LogP contribution in [0.3, 0.4) is 0 Å². The molecule has 0 atom stereocenters. The predicted molar refractivity (Wildman–Crippen MR) is 109 cm³/mol. The summed E-state index contributed by atoms with van der Waals surface area (Å²) >= 11 is 6.07. The number of hydrogen-bond acceptors (Lipinski definition) is 5. The van der Waals surface area contributed by atoms with E-state index in [-0.39, 0.29) is 4.90 Å². The highest BCUT2D eigenvalue weighted by molar-refractivity contribution is 7.93. The van der Waals surface area contributed by atoms with Gasteiger partial charge in [0, 0.05) is 6.20 Å². The van der Waals surface area contributed by atoms with Crippen molar-refractivity contribution in [3.8, 4) is 0 Å². The molecule has 3 aromatic rings. The Labute approximate surface area is 163 Å². The quantitative estimate of drug-likeness (QED) is 0.477. The zero-order chi connectivity index (χ0) is 19.3. The third-order valence-electron chi connectivity index (χ3n) is 3.61. The molecule has 0 aliphatic heterocycles. The van der Waals surface area contributed by atoms with Crippen molar-refractivity contribution in [1.29, 1.82) is 0 Å². The summed E-state index contributed by atoms with van der Waals surface area (Å²) in [5.74, 6) is 0. The third-order valence-corrected chi connectivity index (χ3v) is 5.35. The Morgan fingerprint density at radius 1 is 1.04 bits per heavy atom. The van der Waals surface area contributed by atoms with Crippen molar-refractivity contribution in [2.24, 2.45) is 5.10 Å². The van der Waals surface area contributed by atoms with Crippen LogP contribution in [0.1, 0.15) is 11.3 Å². The largest absolute Gasteiger partial charge is 0.278 e. The average Bonchev–Trinajstić information content (AvgIpc) is 2.65. The van der Waals surface area contributed by atoms with E-state index in [1.807, 2.05) is 13.0 Å². The van der Waals surface area contributed by atoms with E-state index in [0.29, 0.717) is 22.1 Å². The molecule has 0 unspecified atom stereocenters. The molecule has 0 saturated carbocycles. The van der Waals surface area contributed by atoms with Crippen LogP contribution in [0.15, 0.2) is 76.9 Å². The molecule has 3 rings (SSSR count). The van der Waals surface area contributed by atoms with E-state index in [4.69, 9.17) is 11.6 Å². The van der Waals surface area contributed by atoms with Crippen LogP contribution < -0.4 is 10.1 Å². The van der Waals surface area contributed by atoms with E-state index in [0.717, 1.165) is 5.56 Å². The van der Waals surface area contributed by atoms with Crippen molar-refractivity contribution in [3.05, 3.63) is 83.1 Å². The molecule has 1 heterocycles. The number of para-hydroxylation sites is 1. The molecular formula is C19H17ClN4O2S. The molecule has 0 saturated heterocycles. The molecule has 0 radical (unpaired) electrons. The Kier molecular flexibility index (Phi) is 5.73. The summed E-state index contributed by atoms with van der Waals surface area (Å²) in [4.78, 5) is 4.20. The lowest BCUT2D eigenvalue weighted by Gasteiger charge is -2.13. The highest BCUT2D eigenvalue weighted by atomic mass is 35.5. The molecule has 138 valence electrons. The summed E-state index contributed by atoms with van der Waals surface area (Å²) in [7, 11) is -3.87. The Balaban J connectivity index is 1.89. The highest BCUT2D eigenvalue weighted by Crippen LogP contribution is 2.28. The first kappa shape index (κ1) is 18.9. The number of aromatic nitrogens is 1. The van der Waals surface area contributed by atoms with E-state index < -0.39 is 10.0 Å². The monoisotopic (exact) mass is 400 g/mol. The van der Waals surface area contributed by atoms with Crippen molar-refractivity contribution in [2.45, 2.75) is 11.8 Å². The molecule has 0 fully saturated rings. The minimum atomic E-state index is -3.87. The summed E-state index contributed by atoms with van der Waals surface area (Å²) in [6, 6.07) is 17.1. The van der Waals surface area contributed by atoms with Gasteiger partial charge in [-0.3, -0.25) is 15.1 Å². The number of halogens is 1. The molecule has 2 aromatic carbocycles. The maximum Gasteiger partial charge on any atom is 0.264 e. The number of anilines is 2. The lowest BCUT2D eigenvalue weighted by Crippen LogP contribution is -2.15. The van der Waals surface area contributed by atoms with Crippen molar-refractivity contribution in [2.75, 3.05) is 10.1 Å². The van der Waals surface area contributed by atoms with Gasteiger partial charge in [-0.2, -0.15) is 5.10 Å². The van der Waals surface area contributed by atoms with Gasteiger partial charge in [0.05, 0.1) is 28.3 Å². The van der Waals surface area contributed by atoms with Gasteiger partial charge in [-0.1, -0.05) is 35.9 Å². The van der Waals surface area contributed by atoms with Crippen LogP contribution in [0.4, 0.5) is 11.4 Å². The Bertz CT molecular complexity index is 1070. The fourth-order valence-electron chi connectivity index (χ4n) is 2.31. The van der Waals surface area contributed by atoms with Crippen LogP contribution in [0.5, 0.6) is 0 Å². The third kappa shape index (κ3) is 4.84. The molecule has 8 heteroatoms. The molecule has 0 aliphatic carbocycles. The van der Waals surface area contributed by atoms with E-state index in [1.165, 1.54) is 6.21 Å². The van der Waals surface area contributed by atoms with Gasteiger partial charge < -0.3 is 0 Å². The molecule has 0 bridgehead atoms. The van der Waals surface area contributed by atoms with Gasteiger partial charge in [0.15, 0.2) is 0 Å². The molecule has 0 spiro atoms. The van der Waals surface area contributed by atoms with Crippen molar-refractivity contribution in [1.82, 2.24) is 4.98 Å². The lowest BCUT2D eigenvalue weighted by atomic mass is 10.2. The fraction of sp³-hybridized carbons (Fsp3) is 0.0526. The summed E-state index contributed by atoms with van der Waals surface area (Å²) in [5.41, 5.74) is 4.87. The minimum absolute atomic E-state index is 0.0700. The van der Waals surface area contributed by atoms with Crippen molar-refractivity contribution < 1.29 is 8.42 Å². The van der Waals surface area contributed by atoms with E-state index in [2.05, 4.69) is 20.2 Å². The average molecular weight is 401 g/mol. The number of benzene rings is 2. The second-order valence-corrected chi connectivity index (χ2v) is 7.77. The zero-order valence-corrected chi connectivity index (χ0v) is 16.0. The number of sulfonamides is 1. The molecule has 0 aliphatic rings. The van der Waals surface area contributed by atoms with Crippen LogP contribution in [-0.2, 0) is 10.0 Å². The summed E-state index contributed by atoms with van der Waals surface area (Å²) < 4.78 is 28.3. The number of aryl methyl sites for hydroxylation is 1. The number of nitrogens with one attached hydrogen (secondary N) is 2. The van der Waals surface area contributed by atoms with Crippen LogP contribution >= 0.6 is 11.6 Å².